The first-order chi connectivity index (χ1) is 6.28. The minimum Gasteiger partial charge on any atom is -0.369 e. The summed E-state index contributed by atoms with van der Waals surface area (Å²) < 4.78 is 0.997. The molecular formula is C11H16BrNO. The Morgan fingerprint density at radius 3 is 2.21 bits per heavy atom. The molecule has 2 nitrogen and oxygen atoms in total. The Morgan fingerprint density at radius 2 is 2.00 bits per heavy atom. The van der Waals surface area contributed by atoms with Crippen LogP contribution in [0.25, 0.3) is 0 Å². The second-order valence-electron chi connectivity index (χ2n) is 5.30. The molecule has 0 unspecified atom stereocenters. The molecular weight excluding hydrogens is 242 g/mol. The Kier molecular flexibility index (Phi) is 1.78. The van der Waals surface area contributed by atoms with Gasteiger partial charge in [-0.05, 0) is 23.7 Å². The predicted octanol–water partition coefficient (Wildman–Crippen LogP) is 2.58. The van der Waals surface area contributed by atoms with Crippen molar-refractivity contribution in [1.82, 2.24) is 0 Å². The largest absolute Gasteiger partial charge is 0.369 e. The third-order valence-electron chi connectivity index (χ3n) is 4.79. The predicted molar refractivity (Wildman–Crippen MR) is 59.8 cm³/mol. The monoisotopic (exact) mass is 257 g/mol. The van der Waals surface area contributed by atoms with Crippen LogP contribution in [0.2, 0.25) is 0 Å². The molecule has 0 radical (unpaired) electrons. The standard InChI is InChI=1S/C11H16BrNO/c1-9(2)10(3)4-5-11(9,8(13)14)7(12)6-10/h6H,4-5H2,1-3H3,(H2,13,14)/t10-,11+/m1/s1. The molecule has 2 N–H and O–H groups in total. The highest BCUT2D eigenvalue weighted by Crippen LogP contribution is 2.72. The van der Waals surface area contributed by atoms with Crippen molar-refractivity contribution in [3.8, 4) is 0 Å². The van der Waals surface area contributed by atoms with Gasteiger partial charge in [0, 0.05) is 4.48 Å². The van der Waals surface area contributed by atoms with Gasteiger partial charge >= 0.3 is 0 Å². The van der Waals surface area contributed by atoms with Crippen molar-refractivity contribution in [1.29, 1.82) is 0 Å². The van der Waals surface area contributed by atoms with Gasteiger partial charge in [-0.15, -0.1) is 0 Å². The van der Waals surface area contributed by atoms with E-state index in [-0.39, 0.29) is 16.7 Å². The summed E-state index contributed by atoms with van der Waals surface area (Å²) in [5.41, 5.74) is 5.18. The van der Waals surface area contributed by atoms with Crippen LogP contribution in [0.5, 0.6) is 0 Å². The minimum atomic E-state index is -0.457. The molecule has 2 aliphatic carbocycles. The number of hydrogen-bond donors (Lipinski definition) is 1. The van der Waals surface area contributed by atoms with Crippen LogP contribution >= 0.6 is 15.9 Å². The summed E-state index contributed by atoms with van der Waals surface area (Å²) in [6.07, 6.45) is 4.11. The van der Waals surface area contributed by atoms with Gasteiger partial charge in [-0.2, -0.15) is 0 Å². The molecule has 2 bridgehead atoms. The van der Waals surface area contributed by atoms with E-state index in [0.29, 0.717) is 0 Å². The molecule has 0 heterocycles. The molecule has 0 aromatic rings. The number of carbonyl (C=O) groups is 1. The van der Waals surface area contributed by atoms with E-state index < -0.39 is 5.41 Å². The molecule has 1 fully saturated rings. The van der Waals surface area contributed by atoms with Crippen molar-refractivity contribution < 1.29 is 4.79 Å². The molecule has 3 heteroatoms. The first kappa shape index (κ1) is 10.2. The molecule has 14 heavy (non-hydrogen) atoms. The molecule has 1 amide bonds. The number of rotatable bonds is 1. The van der Waals surface area contributed by atoms with Crippen LogP contribution in [0.3, 0.4) is 0 Å². The van der Waals surface area contributed by atoms with Crippen molar-refractivity contribution in [2.24, 2.45) is 22.0 Å². The number of carbonyl (C=O) groups excluding carboxylic acids is 1. The quantitative estimate of drug-likeness (QED) is 0.771. The van der Waals surface area contributed by atoms with Crippen LogP contribution < -0.4 is 5.73 Å². The molecule has 2 aliphatic rings. The topological polar surface area (TPSA) is 43.1 Å². The molecule has 0 spiro atoms. The van der Waals surface area contributed by atoms with E-state index in [1.807, 2.05) is 0 Å². The fourth-order valence-corrected chi connectivity index (χ4v) is 4.58. The SMILES string of the molecule is CC1(C)[C@@]2(C(N)=O)CC[C@]1(C)C=C2Br. The van der Waals surface area contributed by atoms with Gasteiger partial charge in [0.15, 0.2) is 0 Å². The normalized spacial score (nSPS) is 43.9. The second kappa shape index (κ2) is 2.43. The first-order valence-corrected chi connectivity index (χ1v) is 5.76. The van der Waals surface area contributed by atoms with E-state index >= 15 is 0 Å². The summed E-state index contributed by atoms with van der Waals surface area (Å²) in [5, 5.41) is 0. The summed E-state index contributed by atoms with van der Waals surface area (Å²) in [4.78, 5) is 11.7. The lowest BCUT2D eigenvalue weighted by molar-refractivity contribution is -0.130. The average molecular weight is 258 g/mol. The van der Waals surface area contributed by atoms with Gasteiger partial charge < -0.3 is 5.73 Å². The fraction of sp³-hybridized carbons (Fsp3) is 0.727. The average Bonchev–Trinajstić information content (AvgIpc) is 2.29. The van der Waals surface area contributed by atoms with Gasteiger partial charge in [-0.1, -0.05) is 42.8 Å². The smallest absolute Gasteiger partial charge is 0.229 e. The molecule has 78 valence electrons. The highest BCUT2D eigenvalue weighted by molar-refractivity contribution is 9.11. The second-order valence-corrected chi connectivity index (χ2v) is 6.16. The molecule has 0 saturated heterocycles. The van der Waals surface area contributed by atoms with Gasteiger partial charge in [0.1, 0.15) is 0 Å². The zero-order chi connectivity index (χ0) is 10.8. The highest BCUT2D eigenvalue weighted by Gasteiger charge is 2.68. The van der Waals surface area contributed by atoms with Crippen molar-refractivity contribution in [3.05, 3.63) is 10.6 Å². The zero-order valence-electron chi connectivity index (χ0n) is 8.86. The van der Waals surface area contributed by atoms with Crippen molar-refractivity contribution in [2.75, 3.05) is 0 Å². The lowest BCUT2D eigenvalue weighted by Gasteiger charge is -2.39. The van der Waals surface area contributed by atoms with Crippen molar-refractivity contribution in [3.63, 3.8) is 0 Å². The van der Waals surface area contributed by atoms with Gasteiger partial charge in [0.2, 0.25) is 5.91 Å². The summed E-state index contributed by atoms with van der Waals surface area (Å²) in [5.74, 6) is -0.188. The molecule has 2 rings (SSSR count). The Hall–Kier alpha value is -0.310. The van der Waals surface area contributed by atoms with Gasteiger partial charge in [0.25, 0.3) is 0 Å². The van der Waals surface area contributed by atoms with Crippen LogP contribution in [0.4, 0.5) is 0 Å². The van der Waals surface area contributed by atoms with E-state index in [9.17, 15) is 4.79 Å². The Balaban J connectivity index is 2.65. The molecule has 2 atom stereocenters. The first-order valence-electron chi connectivity index (χ1n) is 4.97. The molecule has 0 aliphatic heterocycles. The fourth-order valence-electron chi connectivity index (χ4n) is 3.18. The number of halogens is 1. The summed E-state index contributed by atoms with van der Waals surface area (Å²) in [6, 6.07) is 0. The highest BCUT2D eigenvalue weighted by atomic mass is 79.9. The van der Waals surface area contributed by atoms with Gasteiger partial charge in [-0.3, -0.25) is 4.79 Å². The maximum absolute atomic E-state index is 11.7. The Bertz CT molecular complexity index is 347. The van der Waals surface area contributed by atoms with Gasteiger partial charge in [0.05, 0.1) is 5.41 Å². The van der Waals surface area contributed by atoms with Crippen LogP contribution in [-0.2, 0) is 4.79 Å². The van der Waals surface area contributed by atoms with E-state index in [1.165, 1.54) is 0 Å². The van der Waals surface area contributed by atoms with E-state index in [4.69, 9.17) is 5.73 Å². The van der Waals surface area contributed by atoms with Crippen molar-refractivity contribution in [2.45, 2.75) is 33.6 Å². The zero-order valence-corrected chi connectivity index (χ0v) is 10.4. The Labute approximate surface area is 93.1 Å². The van der Waals surface area contributed by atoms with Crippen LogP contribution in [-0.4, -0.2) is 5.91 Å². The Morgan fingerprint density at radius 1 is 1.43 bits per heavy atom. The number of primary amides is 1. The lowest BCUT2D eigenvalue weighted by Crippen LogP contribution is -2.45. The minimum absolute atomic E-state index is 0.0648. The number of amides is 1. The molecule has 0 aromatic carbocycles. The third-order valence-corrected chi connectivity index (χ3v) is 5.69. The summed E-state index contributed by atoms with van der Waals surface area (Å²) in [6.45, 7) is 6.51. The number of allylic oxidation sites excluding steroid dienone is 1. The molecule has 1 saturated carbocycles. The summed E-state index contributed by atoms with van der Waals surface area (Å²) in [7, 11) is 0. The van der Waals surface area contributed by atoms with E-state index in [1.54, 1.807) is 0 Å². The van der Waals surface area contributed by atoms with E-state index in [0.717, 1.165) is 17.3 Å². The number of nitrogens with two attached hydrogens (primary N) is 1. The number of hydrogen-bond acceptors (Lipinski definition) is 1. The molecule has 0 aromatic heterocycles. The van der Waals surface area contributed by atoms with Crippen molar-refractivity contribution >= 4 is 21.8 Å². The van der Waals surface area contributed by atoms with Crippen LogP contribution in [0, 0.1) is 16.2 Å². The summed E-state index contributed by atoms with van der Waals surface area (Å²) >= 11 is 3.52. The van der Waals surface area contributed by atoms with Gasteiger partial charge in [-0.25, -0.2) is 0 Å². The number of fused-ring (bicyclic) bond motifs is 2. The third kappa shape index (κ3) is 0.769. The maximum atomic E-state index is 11.7. The van der Waals surface area contributed by atoms with Crippen LogP contribution in [0.1, 0.15) is 33.6 Å². The lowest BCUT2D eigenvalue weighted by atomic mass is 9.64. The van der Waals surface area contributed by atoms with Crippen LogP contribution in [0.15, 0.2) is 10.6 Å². The maximum Gasteiger partial charge on any atom is 0.229 e. The van der Waals surface area contributed by atoms with E-state index in [2.05, 4.69) is 42.8 Å².